The summed E-state index contributed by atoms with van der Waals surface area (Å²) < 4.78 is 7.32. The zero-order valence-corrected chi connectivity index (χ0v) is 13.5. The first-order valence-electron chi connectivity index (χ1n) is 7.32. The molecule has 1 N–H and O–H groups in total. The zero-order valence-electron chi connectivity index (χ0n) is 11.9. The van der Waals surface area contributed by atoms with E-state index < -0.39 is 0 Å². The van der Waals surface area contributed by atoms with Crippen LogP contribution in [0.1, 0.15) is 44.6 Å². The van der Waals surface area contributed by atoms with Crippen molar-refractivity contribution in [2.75, 3.05) is 7.05 Å². The topological polar surface area (TPSA) is 21.3 Å². The van der Waals surface area contributed by atoms with Gasteiger partial charge in [0, 0.05) is 11.0 Å². The Hall–Kier alpha value is -0.540. The SMILES string of the molecule is CCC1CCCC(Oc2ccc(Br)c(CNC)c2)C1. The van der Waals surface area contributed by atoms with Gasteiger partial charge in [-0.2, -0.15) is 0 Å². The molecule has 0 aliphatic heterocycles. The van der Waals surface area contributed by atoms with Crippen LogP contribution >= 0.6 is 15.9 Å². The van der Waals surface area contributed by atoms with Crippen LogP contribution in [0.25, 0.3) is 0 Å². The maximum absolute atomic E-state index is 6.18. The van der Waals surface area contributed by atoms with Crippen molar-refractivity contribution in [3.63, 3.8) is 0 Å². The first-order valence-corrected chi connectivity index (χ1v) is 8.12. The van der Waals surface area contributed by atoms with Gasteiger partial charge in [0.15, 0.2) is 0 Å². The van der Waals surface area contributed by atoms with Crippen LogP contribution in [0.15, 0.2) is 22.7 Å². The first kappa shape index (κ1) is 14.9. The van der Waals surface area contributed by atoms with Gasteiger partial charge in [0.25, 0.3) is 0 Å². The molecule has 2 atom stereocenters. The largest absolute Gasteiger partial charge is 0.490 e. The molecular weight excluding hydrogens is 302 g/mol. The van der Waals surface area contributed by atoms with Crippen molar-refractivity contribution in [3.05, 3.63) is 28.2 Å². The van der Waals surface area contributed by atoms with Gasteiger partial charge in [-0.15, -0.1) is 0 Å². The Labute approximate surface area is 125 Å². The molecule has 0 radical (unpaired) electrons. The Morgan fingerprint density at radius 3 is 2.95 bits per heavy atom. The van der Waals surface area contributed by atoms with Gasteiger partial charge >= 0.3 is 0 Å². The Bertz CT molecular complexity index is 408. The molecule has 1 aromatic carbocycles. The molecule has 0 heterocycles. The number of nitrogens with one attached hydrogen (secondary N) is 1. The molecule has 3 heteroatoms. The Morgan fingerprint density at radius 1 is 1.37 bits per heavy atom. The van der Waals surface area contributed by atoms with Crippen LogP contribution in [-0.4, -0.2) is 13.2 Å². The lowest BCUT2D eigenvalue weighted by molar-refractivity contribution is 0.122. The summed E-state index contributed by atoms with van der Waals surface area (Å²) in [4.78, 5) is 0. The van der Waals surface area contributed by atoms with Crippen molar-refractivity contribution < 1.29 is 4.74 Å². The fourth-order valence-corrected chi connectivity index (χ4v) is 3.25. The molecule has 0 amide bonds. The highest BCUT2D eigenvalue weighted by molar-refractivity contribution is 9.10. The Morgan fingerprint density at radius 2 is 2.21 bits per heavy atom. The van der Waals surface area contributed by atoms with Crippen molar-refractivity contribution in [2.45, 2.75) is 51.7 Å². The van der Waals surface area contributed by atoms with Crippen molar-refractivity contribution >= 4 is 15.9 Å². The van der Waals surface area contributed by atoms with E-state index in [0.29, 0.717) is 6.10 Å². The van der Waals surface area contributed by atoms with E-state index in [-0.39, 0.29) is 0 Å². The summed E-state index contributed by atoms with van der Waals surface area (Å²) in [6, 6.07) is 6.30. The molecule has 1 aliphatic carbocycles. The zero-order chi connectivity index (χ0) is 13.7. The summed E-state index contributed by atoms with van der Waals surface area (Å²) >= 11 is 3.58. The summed E-state index contributed by atoms with van der Waals surface area (Å²) in [5.74, 6) is 1.86. The first-order chi connectivity index (χ1) is 9.22. The van der Waals surface area contributed by atoms with Crippen LogP contribution in [-0.2, 0) is 6.54 Å². The van der Waals surface area contributed by atoms with Crippen LogP contribution in [0.3, 0.4) is 0 Å². The highest BCUT2D eigenvalue weighted by Gasteiger charge is 2.22. The average molecular weight is 326 g/mol. The molecule has 0 bridgehead atoms. The summed E-state index contributed by atoms with van der Waals surface area (Å²) in [6.07, 6.45) is 6.79. The quantitative estimate of drug-likeness (QED) is 0.859. The van der Waals surface area contributed by atoms with E-state index in [1.807, 2.05) is 7.05 Å². The summed E-state index contributed by atoms with van der Waals surface area (Å²) in [6.45, 7) is 3.15. The molecule has 106 valence electrons. The molecule has 1 fully saturated rings. The Balaban J connectivity index is 2.00. The molecule has 1 aromatic rings. The monoisotopic (exact) mass is 325 g/mol. The lowest BCUT2D eigenvalue weighted by Gasteiger charge is -2.29. The van der Waals surface area contributed by atoms with Crippen molar-refractivity contribution in [1.29, 1.82) is 0 Å². The van der Waals surface area contributed by atoms with E-state index in [1.54, 1.807) is 0 Å². The summed E-state index contributed by atoms with van der Waals surface area (Å²) in [5, 5.41) is 3.19. The summed E-state index contributed by atoms with van der Waals surface area (Å²) in [7, 11) is 1.97. The van der Waals surface area contributed by atoms with Crippen molar-refractivity contribution in [3.8, 4) is 5.75 Å². The van der Waals surface area contributed by atoms with Gasteiger partial charge in [-0.05, 0) is 56.0 Å². The second kappa shape index (κ2) is 7.30. The average Bonchev–Trinajstić information content (AvgIpc) is 2.43. The lowest BCUT2D eigenvalue weighted by Crippen LogP contribution is -2.25. The fourth-order valence-electron chi connectivity index (χ4n) is 2.86. The molecule has 0 saturated heterocycles. The van der Waals surface area contributed by atoms with Crippen LogP contribution in [0.2, 0.25) is 0 Å². The predicted molar refractivity (Wildman–Crippen MR) is 83.6 cm³/mol. The van der Waals surface area contributed by atoms with Gasteiger partial charge < -0.3 is 10.1 Å². The van der Waals surface area contributed by atoms with E-state index in [0.717, 1.165) is 22.7 Å². The third kappa shape index (κ3) is 4.22. The molecule has 2 nitrogen and oxygen atoms in total. The van der Waals surface area contributed by atoms with E-state index in [9.17, 15) is 0 Å². The van der Waals surface area contributed by atoms with Gasteiger partial charge in [-0.3, -0.25) is 0 Å². The highest BCUT2D eigenvalue weighted by Crippen LogP contribution is 2.30. The standard InChI is InChI=1S/C16H24BrNO/c1-3-12-5-4-6-14(9-12)19-15-7-8-16(17)13(10-15)11-18-2/h7-8,10,12,14,18H,3-6,9,11H2,1-2H3. The molecule has 0 spiro atoms. The number of rotatable bonds is 5. The maximum Gasteiger partial charge on any atom is 0.120 e. The molecule has 2 rings (SSSR count). The van der Waals surface area contributed by atoms with Gasteiger partial charge in [-0.25, -0.2) is 0 Å². The molecule has 2 unspecified atom stereocenters. The van der Waals surface area contributed by atoms with Gasteiger partial charge in [0.05, 0.1) is 6.10 Å². The van der Waals surface area contributed by atoms with E-state index in [2.05, 4.69) is 46.4 Å². The highest BCUT2D eigenvalue weighted by atomic mass is 79.9. The number of hydrogen-bond donors (Lipinski definition) is 1. The van der Waals surface area contributed by atoms with Crippen molar-refractivity contribution in [1.82, 2.24) is 5.32 Å². The minimum Gasteiger partial charge on any atom is -0.490 e. The number of hydrogen-bond acceptors (Lipinski definition) is 2. The third-order valence-corrected chi connectivity index (χ3v) is 4.77. The van der Waals surface area contributed by atoms with Crippen molar-refractivity contribution in [2.24, 2.45) is 5.92 Å². The molecule has 1 saturated carbocycles. The van der Waals surface area contributed by atoms with Gasteiger partial charge in [0.1, 0.15) is 5.75 Å². The third-order valence-electron chi connectivity index (χ3n) is 4.00. The van der Waals surface area contributed by atoms with Crippen LogP contribution in [0, 0.1) is 5.92 Å². The Kier molecular flexibility index (Phi) is 5.71. The maximum atomic E-state index is 6.18. The minimum atomic E-state index is 0.405. The number of benzene rings is 1. The van der Waals surface area contributed by atoms with E-state index >= 15 is 0 Å². The molecule has 1 aliphatic rings. The number of ether oxygens (including phenoxy) is 1. The van der Waals surface area contributed by atoms with Crippen LogP contribution in [0.5, 0.6) is 5.75 Å². The molecular formula is C16H24BrNO. The number of halogens is 1. The lowest BCUT2D eigenvalue weighted by atomic mass is 9.85. The predicted octanol–water partition coefficient (Wildman–Crippen LogP) is 4.52. The second-order valence-electron chi connectivity index (χ2n) is 5.46. The smallest absolute Gasteiger partial charge is 0.120 e. The fraction of sp³-hybridized carbons (Fsp3) is 0.625. The molecule has 0 aromatic heterocycles. The minimum absolute atomic E-state index is 0.405. The van der Waals surface area contributed by atoms with Gasteiger partial charge in [0.2, 0.25) is 0 Å². The van der Waals surface area contributed by atoms with Crippen LogP contribution < -0.4 is 10.1 Å². The van der Waals surface area contributed by atoms with Gasteiger partial charge in [-0.1, -0.05) is 35.7 Å². The van der Waals surface area contributed by atoms with E-state index in [4.69, 9.17) is 4.74 Å². The second-order valence-corrected chi connectivity index (χ2v) is 6.32. The normalized spacial score (nSPS) is 23.3. The van der Waals surface area contributed by atoms with E-state index in [1.165, 1.54) is 37.7 Å². The van der Waals surface area contributed by atoms with Crippen LogP contribution in [0.4, 0.5) is 0 Å². The summed E-state index contributed by atoms with van der Waals surface area (Å²) in [5.41, 5.74) is 1.25. The molecule has 19 heavy (non-hydrogen) atoms.